The second-order valence-electron chi connectivity index (χ2n) is 9.05. The van der Waals surface area contributed by atoms with Crippen LogP contribution in [0.4, 0.5) is 0 Å². The topological polar surface area (TPSA) is 66.2 Å². The van der Waals surface area contributed by atoms with Crippen molar-refractivity contribution in [1.29, 1.82) is 0 Å². The van der Waals surface area contributed by atoms with E-state index < -0.39 is 6.10 Å². The van der Waals surface area contributed by atoms with E-state index in [1.807, 2.05) is 53.1 Å². The Morgan fingerprint density at radius 3 is 3.03 bits per heavy atom. The number of rotatable bonds is 12. The summed E-state index contributed by atoms with van der Waals surface area (Å²) in [6, 6.07) is 13.7. The van der Waals surface area contributed by atoms with Crippen LogP contribution in [-0.2, 0) is 17.8 Å². The second-order valence-corrected chi connectivity index (χ2v) is 10.0. The van der Waals surface area contributed by atoms with Crippen LogP contribution in [0.3, 0.4) is 0 Å². The Bertz CT molecular complexity index is 1090. The van der Waals surface area contributed by atoms with Crippen LogP contribution in [0.5, 0.6) is 5.75 Å². The minimum atomic E-state index is -0.541. The summed E-state index contributed by atoms with van der Waals surface area (Å²) in [5, 5.41) is 12.6. The van der Waals surface area contributed by atoms with Crippen LogP contribution in [0.15, 0.2) is 71.2 Å². The maximum atomic E-state index is 13.6. The van der Waals surface area contributed by atoms with Crippen LogP contribution < -0.4 is 4.74 Å². The summed E-state index contributed by atoms with van der Waals surface area (Å²) in [7, 11) is 0. The zero-order valence-corrected chi connectivity index (χ0v) is 21.1. The fraction of sp³-hybridized carbons (Fsp3) is 0.393. The van der Waals surface area contributed by atoms with Crippen LogP contribution in [0.2, 0.25) is 0 Å². The predicted octanol–water partition coefficient (Wildman–Crippen LogP) is 4.98. The Morgan fingerprint density at radius 2 is 2.26 bits per heavy atom. The monoisotopic (exact) mass is 494 g/mol. The summed E-state index contributed by atoms with van der Waals surface area (Å²) in [6.07, 6.45) is 5.08. The fourth-order valence-electron chi connectivity index (χ4n) is 4.54. The number of aryl methyl sites for hydroxylation is 1. The number of benzene rings is 1. The summed E-state index contributed by atoms with van der Waals surface area (Å²) in [4.78, 5) is 18.9. The maximum Gasteiger partial charge on any atom is 0.237 e. The Morgan fingerprint density at radius 1 is 1.37 bits per heavy atom. The Balaban J connectivity index is 1.48. The van der Waals surface area contributed by atoms with Gasteiger partial charge < -0.3 is 19.2 Å². The molecule has 2 aromatic heterocycles. The number of fused-ring (bicyclic) bond motifs is 1. The number of allylic oxidation sites excluding steroid dienone is 1. The quantitative estimate of drug-likeness (QED) is 0.360. The molecule has 1 aliphatic heterocycles. The van der Waals surface area contributed by atoms with Gasteiger partial charge in [-0.15, -0.1) is 17.9 Å². The lowest BCUT2D eigenvalue weighted by Crippen LogP contribution is -2.47. The third-order valence-electron chi connectivity index (χ3n) is 6.30. The van der Waals surface area contributed by atoms with Gasteiger partial charge in [-0.3, -0.25) is 9.69 Å². The zero-order chi connectivity index (χ0) is 24.6. The molecular formula is C28H34N2O4S. The smallest absolute Gasteiger partial charge is 0.237 e. The number of aliphatic hydroxyl groups excluding tert-OH is 1. The van der Waals surface area contributed by atoms with Crippen LogP contribution in [0.25, 0.3) is 0 Å². The van der Waals surface area contributed by atoms with Crippen molar-refractivity contribution in [3.8, 4) is 5.75 Å². The molecule has 0 saturated carbocycles. The molecule has 1 aromatic carbocycles. The third-order valence-corrected chi connectivity index (χ3v) is 7.30. The first-order valence-corrected chi connectivity index (χ1v) is 13.0. The Labute approximate surface area is 211 Å². The van der Waals surface area contributed by atoms with E-state index in [-0.39, 0.29) is 18.5 Å². The number of carbonyl (C=O) groups excluding carboxylic acids is 1. The van der Waals surface area contributed by atoms with Gasteiger partial charge in [0, 0.05) is 18.0 Å². The summed E-state index contributed by atoms with van der Waals surface area (Å²) in [5.74, 6) is 1.61. The van der Waals surface area contributed by atoms with E-state index in [1.54, 1.807) is 23.7 Å². The van der Waals surface area contributed by atoms with Crippen LogP contribution in [0.1, 0.15) is 40.6 Å². The van der Waals surface area contributed by atoms with Gasteiger partial charge in [-0.2, -0.15) is 0 Å². The molecule has 2 atom stereocenters. The highest BCUT2D eigenvalue weighted by atomic mass is 32.1. The van der Waals surface area contributed by atoms with Crippen molar-refractivity contribution in [2.75, 3.05) is 26.2 Å². The van der Waals surface area contributed by atoms with E-state index in [2.05, 4.69) is 18.0 Å². The largest absolute Gasteiger partial charge is 0.491 e. The van der Waals surface area contributed by atoms with Gasteiger partial charge in [0.15, 0.2) is 0 Å². The predicted molar refractivity (Wildman–Crippen MR) is 139 cm³/mol. The van der Waals surface area contributed by atoms with Gasteiger partial charge in [0.05, 0.1) is 31.5 Å². The molecule has 3 aromatic rings. The zero-order valence-electron chi connectivity index (χ0n) is 20.3. The van der Waals surface area contributed by atoms with Crippen molar-refractivity contribution >= 4 is 17.2 Å². The molecule has 0 aliphatic carbocycles. The number of amides is 1. The lowest BCUT2D eigenvalue weighted by molar-refractivity contribution is -0.136. The standard InChI is InChI=1S/C28H34N2O4S/c1-3-4-8-22(31)17-29(18-24-10-6-14-33-24)19-28(32)30-13-11-27-25(12-15-35-27)26(30)20-34-23-9-5-7-21(2)16-23/h3,5-7,9-10,12,14-16,22,26,31H,1,4,8,11,13,17-20H2,2H3/t22-,26-/m0/s1. The molecule has 4 rings (SSSR count). The molecule has 0 fully saturated rings. The molecule has 0 radical (unpaired) electrons. The molecule has 0 spiro atoms. The molecule has 35 heavy (non-hydrogen) atoms. The molecule has 6 nitrogen and oxygen atoms in total. The van der Waals surface area contributed by atoms with Gasteiger partial charge in [-0.1, -0.05) is 18.2 Å². The number of carbonyl (C=O) groups is 1. The van der Waals surface area contributed by atoms with Gasteiger partial charge in [0.1, 0.15) is 18.1 Å². The number of hydrogen-bond acceptors (Lipinski definition) is 6. The summed E-state index contributed by atoms with van der Waals surface area (Å²) in [6.45, 7) is 7.89. The molecule has 1 N–H and O–H groups in total. The minimum absolute atomic E-state index is 0.0298. The highest BCUT2D eigenvalue weighted by Crippen LogP contribution is 2.34. The van der Waals surface area contributed by atoms with E-state index in [4.69, 9.17) is 9.15 Å². The van der Waals surface area contributed by atoms with Crippen molar-refractivity contribution < 1.29 is 19.1 Å². The molecule has 0 saturated heterocycles. The molecule has 1 aliphatic rings. The maximum absolute atomic E-state index is 13.6. The molecular weight excluding hydrogens is 460 g/mol. The van der Waals surface area contributed by atoms with E-state index >= 15 is 0 Å². The highest BCUT2D eigenvalue weighted by molar-refractivity contribution is 7.10. The lowest BCUT2D eigenvalue weighted by Gasteiger charge is -2.37. The van der Waals surface area contributed by atoms with Gasteiger partial charge in [0.2, 0.25) is 5.91 Å². The molecule has 1 amide bonds. The van der Waals surface area contributed by atoms with Gasteiger partial charge in [0.25, 0.3) is 0 Å². The number of aliphatic hydroxyl groups is 1. The molecule has 0 bridgehead atoms. The average molecular weight is 495 g/mol. The van der Waals surface area contributed by atoms with Crippen LogP contribution in [0, 0.1) is 6.92 Å². The number of ether oxygens (including phenoxy) is 1. The van der Waals surface area contributed by atoms with Crippen molar-refractivity contribution in [3.63, 3.8) is 0 Å². The molecule has 3 heterocycles. The normalized spacial score (nSPS) is 16.2. The lowest BCUT2D eigenvalue weighted by atomic mass is 10.0. The number of hydrogen-bond donors (Lipinski definition) is 1. The van der Waals surface area contributed by atoms with E-state index in [1.165, 1.54) is 10.4 Å². The summed E-state index contributed by atoms with van der Waals surface area (Å²) < 4.78 is 11.7. The molecule has 0 unspecified atom stereocenters. The SMILES string of the molecule is C=CCC[C@H](O)CN(CC(=O)N1CCc2sccc2[C@@H]1COc1cccc(C)c1)Cc1ccco1. The molecule has 7 heteroatoms. The highest BCUT2D eigenvalue weighted by Gasteiger charge is 2.33. The van der Waals surface area contributed by atoms with Crippen LogP contribution >= 0.6 is 11.3 Å². The minimum Gasteiger partial charge on any atom is -0.491 e. The number of thiophene rings is 1. The fourth-order valence-corrected chi connectivity index (χ4v) is 5.47. The van der Waals surface area contributed by atoms with Crippen LogP contribution in [-0.4, -0.2) is 53.2 Å². The Hall–Kier alpha value is -2.87. The van der Waals surface area contributed by atoms with Crippen molar-refractivity contribution in [2.45, 2.75) is 44.9 Å². The van der Waals surface area contributed by atoms with Gasteiger partial charge in [-0.05, 0) is 73.0 Å². The Kier molecular flexibility index (Phi) is 8.79. The first-order chi connectivity index (χ1) is 17.0. The van der Waals surface area contributed by atoms with E-state index in [9.17, 15) is 9.90 Å². The average Bonchev–Trinajstić information content (AvgIpc) is 3.53. The van der Waals surface area contributed by atoms with E-state index in [0.29, 0.717) is 32.7 Å². The molecule has 186 valence electrons. The van der Waals surface area contributed by atoms with Crippen molar-refractivity contribution in [3.05, 3.63) is 88.5 Å². The van der Waals surface area contributed by atoms with Crippen molar-refractivity contribution in [2.24, 2.45) is 0 Å². The third kappa shape index (κ3) is 6.84. The first kappa shape index (κ1) is 25.2. The van der Waals surface area contributed by atoms with Gasteiger partial charge >= 0.3 is 0 Å². The second kappa shape index (κ2) is 12.2. The number of nitrogens with zero attached hydrogens (tertiary/aromatic N) is 2. The number of furan rings is 1. The van der Waals surface area contributed by atoms with Crippen molar-refractivity contribution in [1.82, 2.24) is 9.80 Å². The van der Waals surface area contributed by atoms with E-state index in [0.717, 1.165) is 29.9 Å². The van der Waals surface area contributed by atoms with Gasteiger partial charge in [-0.25, -0.2) is 0 Å². The first-order valence-electron chi connectivity index (χ1n) is 12.1. The summed E-state index contributed by atoms with van der Waals surface area (Å²) in [5.41, 5.74) is 2.31. The summed E-state index contributed by atoms with van der Waals surface area (Å²) >= 11 is 1.74.